The highest BCUT2D eigenvalue weighted by atomic mass is 32.2. The molecule has 2 aliphatic rings. The topological polar surface area (TPSA) is 42.4 Å². The fourth-order valence-electron chi connectivity index (χ4n) is 3.97. The number of carbonyl (C=O) groups is 1. The monoisotopic (exact) mass is 372 g/mol. The van der Waals surface area contributed by atoms with Crippen molar-refractivity contribution in [1.82, 2.24) is 9.88 Å². The third-order valence-electron chi connectivity index (χ3n) is 5.08. The maximum Gasteiger partial charge on any atom is 0.233 e. The predicted octanol–water partition coefficient (Wildman–Crippen LogP) is 3.91. The second-order valence-corrected chi connectivity index (χ2v) is 7.86. The Hall–Kier alpha value is -2.08. The summed E-state index contributed by atoms with van der Waals surface area (Å²) in [6.07, 6.45) is 5.66. The molecule has 0 aliphatic carbocycles. The second-order valence-electron chi connectivity index (χ2n) is 6.81. The molecular formula is C20H21FN2O2S. The van der Waals surface area contributed by atoms with Gasteiger partial charge in [0, 0.05) is 42.1 Å². The van der Waals surface area contributed by atoms with E-state index in [2.05, 4.69) is 9.88 Å². The predicted molar refractivity (Wildman–Crippen MR) is 98.7 cm³/mol. The summed E-state index contributed by atoms with van der Waals surface area (Å²) in [4.78, 5) is 20.0. The number of amides is 1. The van der Waals surface area contributed by atoms with Gasteiger partial charge in [-0.2, -0.15) is 0 Å². The van der Waals surface area contributed by atoms with Gasteiger partial charge in [0.25, 0.3) is 0 Å². The standard InChI is InChI=1S/C20H21FN2O2S/c21-14-4-8-18(9-5-14)26-13-20(24)23-15-6-7-16(23)12-17(11-15)25-19-3-1-2-10-22-19/h1-5,8-10,15-17H,6-7,11-13H2. The number of rotatable bonds is 5. The summed E-state index contributed by atoms with van der Waals surface area (Å²) >= 11 is 1.47. The van der Waals surface area contributed by atoms with E-state index in [1.165, 1.54) is 23.9 Å². The van der Waals surface area contributed by atoms with Crippen molar-refractivity contribution < 1.29 is 13.9 Å². The molecule has 6 heteroatoms. The zero-order chi connectivity index (χ0) is 17.9. The molecule has 4 nitrogen and oxygen atoms in total. The molecule has 0 radical (unpaired) electrons. The average molecular weight is 372 g/mol. The van der Waals surface area contributed by atoms with Crippen LogP contribution in [0.15, 0.2) is 53.6 Å². The molecular weight excluding hydrogens is 351 g/mol. The van der Waals surface area contributed by atoms with E-state index in [4.69, 9.17) is 4.74 Å². The van der Waals surface area contributed by atoms with E-state index in [0.717, 1.165) is 30.6 Å². The summed E-state index contributed by atoms with van der Waals surface area (Å²) in [5.41, 5.74) is 0. The van der Waals surface area contributed by atoms with Gasteiger partial charge in [-0.1, -0.05) is 6.07 Å². The van der Waals surface area contributed by atoms with E-state index >= 15 is 0 Å². The average Bonchev–Trinajstić information content (AvgIpc) is 2.93. The fraction of sp³-hybridized carbons (Fsp3) is 0.400. The Morgan fingerprint density at radius 2 is 1.88 bits per heavy atom. The van der Waals surface area contributed by atoms with E-state index in [9.17, 15) is 9.18 Å². The number of fused-ring (bicyclic) bond motifs is 2. The van der Waals surface area contributed by atoms with Gasteiger partial charge in [0.05, 0.1) is 5.75 Å². The van der Waals surface area contributed by atoms with Crippen molar-refractivity contribution in [2.75, 3.05) is 5.75 Å². The van der Waals surface area contributed by atoms with E-state index in [0.29, 0.717) is 11.6 Å². The Kier molecular flexibility index (Phi) is 5.11. The lowest BCUT2D eigenvalue weighted by atomic mass is 9.99. The maximum atomic E-state index is 13.0. The number of ether oxygens (including phenoxy) is 1. The Balaban J connectivity index is 1.34. The molecule has 2 aromatic rings. The van der Waals surface area contributed by atoms with E-state index in [-0.39, 0.29) is 29.9 Å². The number of hydrogen-bond donors (Lipinski definition) is 0. The Labute approximate surface area is 156 Å². The van der Waals surface area contributed by atoms with Gasteiger partial charge in [0.1, 0.15) is 11.9 Å². The van der Waals surface area contributed by atoms with Crippen molar-refractivity contribution in [2.45, 2.75) is 48.8 Å². The minimum Gasteiger partial charge on any atom is -0.474 e. The molecule has 0 saturated carbocycles. The molecule has 2 saturated heterocycles. The first-order valence-electron chi connectivity index (χ1n) is 8.96. The number of nitrogens with zero attached hydrogens (tertiary/aromatic N) is 2. The molecule has 2 fully saturated rings. The molecule has 1 amide bonds. The van der Waals surface area contributed by atoms with Gasteiger partial charge in [0.15, 0.2) is 0 Å². The Bertz CT molecular complexity index is 742. The van der Waals surface area contributed by atoms with Crippen LogP contribution in [0.3, 0.4) is 0 Å². The highest BCUT2D eigenvalue weighted by Gasteiger charge is 2.43. The van der Waals surface area contributed by atoms with E-state index < -0.39 is 0 Å². The van der Waals surface area contributed by atoms with Crippen molar-refractivity contribution >= 4 is 17.7 Å². The highest BCUT2D eigenvalue weighted by molar-refractivity contribution is 8.00. The summed E-state index contributed by atoms with van der Waals surface area (Å²) in [7, 11) is 0. The first-order chi connectivity index (χ1) is 12.7. The number of pyridine rings is 1. The smallest absolute Gasteiger partial charge is 0.233 e. The molecule has 1 aromatic carbocycles. The lowest BCUT2D eigenvalue weighted by Gasteiger charge is -2.38. The molecule has 26 heavy (non-hydrogen) atoms. The fourth-order valence-corrected chi connectivity index (χ4v) is 4.74. The van der Waals surface area contributed by atoms with Crippen LogP contribution in [0.1, 0.15) is 25.7 Å². The summed E-state index contributed by atoms with van der Waals surface area (Å²) < 4.78 is 19.0. The lowest BCUT2D eigenvalue weighted by Crippen LogP contribution is -2.50. The van der Waals surface area contributed by atoms with Gasteiger partial charge < -0.3 is 9.64 Å². The van der Waals surface area contributed by atoms with Crippen LogP contribution < -0.4 is 4.74 Å². The van der Waals surface area contributed by atoms with Gasteiger partial charge in [-0.3, -0.25) is 4.79 Å². The molecule has 136 valence electrons. The number of benzene rings is 1. The number of thioether (sulfide) groups is 1. The molecule has 1 aromatic heterocycles. The number of piperidine rings is 1. The third-order valence-corrected chi connectivity index (χ3v) is 6.08. The molecule has 2 unspecified atom stereocenters. The van der Waals surface area contributed by atoms with Gasteiger partial charge in [0.2, 0.25) is 11.8 Å². The van der Waals surface area contributed by atoms with Crippen molar-refractivity contribution in [2.24, 2.45) is 0 Å². The molecule has 4 rings (SSSR count). The Morgan fingerprint density at radius 3 is 2.54 bits per heavy atom. The zero-order valence-electron chi connectivity index (χ0n) is 14.4. The molecule has 2 bridgehead atoms. The van der Waals surface area contributed by atoms with Crippen LogP contribution in [0.2, 0.25) is 0 Å². The maximum absolute atomic E-state index is 13.0. The SMILES string of the molecule is O=C(CSc1ccc(F)cc1)N1C2CCC1CC(Oc1ccccn1)C2. The van der Waals surface area contributed by atoms with Crippen LogP contribution in [0, 0.1) is 5.82 Å². The second kappa shape index (κ2) is 7.66. The van der Waals surface area contributed by atoms with Crippen molar-refractivity contribution in [3.05, 3.63) is 54.5 Å². The van der Waals surface area contributed by atoms with E-state index in [1.54, 1.807) is 18.3 Å². The minimum absolute atomic E-state index is 0.121. The van der Waals surface area contributed by atoms with Gasteiger partial charge in [-0.05, 0) is 43.2 Å². The first-order valence-corrected chi connectivity index (χ1v) is 9.95. The molecule has 0 spiro atoms. The van der Waals surface area contributed by atoms with Crippen molar-refractivity contribution in [1.29, 1.82) is 0 Å². The van der Waals surface area contributed by atoms with Crippen LogP contribution in [0.25, 0.3) is 0 Å². The van der Waals surface area contributed by atoms with Crippen molar-refractivity contribution in [3.63, 3.8) is 0 Å². The minimum atomic E-state index is -0.256. The molecule has 2 aliphatic heterocycles. The Morgan fingerprint density at radius 1 is 1.15 bits per heavy atom. The lowest BCUT2D eigenvalue weighted by molar-refractivity contribution is -0.134. The van der Waals surface area contributed by atoms with Gasteiger partial charge >= 0.3 is 0 Å². The van der Waals surface area contributed by atoms with Crippen molar-refractivity contribution in [3.8, 4) is 5.88 Å². The van der Waals surface area contributed by atoms with Gasteiger partial charge in [-0.25, -0.2) is 9.37 Å². The summed E-state index contributed by atoms with van der Waals surface area (Å²) in [6.45, 7) is 0. The summed E-state index contributed by atoms with van der Waals surface area (Å²) in [5.74, 6) is 0.963. The normalized spacial score (nSPS) is 24.5. The van der Waals surface area contributed by atoms with E-state index in [1.807, 2.05) is 18.2 Å². The largest absolute Gasteiger partial charge is 0.474 e. The summed E-state index contributed by atoms with van der Waals surface area (Å²) in [6, 6.07) is 12.5. The molecule has 0 N–H and O–H groups in total. The molecule has 3 heterocycles. The van der Waals surface area contributed by atoms with Crippen LogP contribution in [-0.4, -0.2) is 39.7 Å². The van der Waals surface area contributed by atoms with Gasteiger partial charge in [-0.15, -0.1) is 11.8 Å². The number of carbonyl (C=O) groups excluding carboxylic acids is 1. The first kappa shape index (κ1) is 17.3. The third kappa shape index (κ3) is 3.85. The quantitative estimate of drug-likeness (QED) is 0.746. The number of hydrogen-bond acceptors (Lipinski definition) is 4. The van der Waals surface area contributed by atoms with Crippen LogP contribution in [-0.2, 0) is 4.79 Å². The highest BCUT2D eigenvalue weighted by Crippen LogP contribution is 2.37. The summed E-state index contributed by atoms with van der Waals surface area (Å²) in [5, 5.41) is 0. The van der Waals surface area contributed by atoms with Crippen LogP contribution in [0.5, 0.6) is 5.88 Å². The number of aromatic nitrogens is 1. The van der Waals surface area contributed by atoms with Crippen LogP contribution in [0.4, 0.5) is 4.39 Å². The number of halogens is 1. The zero-order valence-corrected chi connectivity index (χ0v) is 15.2. The van der Waals surface area contributed by atoms with Crippen LogP contribution >= 0.6 is 11.8 Å². The molecule has 2 atom stereocenters.